The highest BCUT2D eigenvalue weighted by Crippen LogP contribution is 2.16. The van der Waals surface area contributed by atoms with Gasteiger partial charge in [-0.2, -0.15) is 0 Å². The summed E-state index contributed by atoms with van der Waals surface area (Å²) in [6, 6.07) is 10.7. The van der Waals surface area contributed by atoms with E-state index in [4.69, 9.17) is 0 Å². The normalized spacial score (nSPS) is 13.5. The lowest BCUT2D eigenvalue weighted by molar-refractivity contribution is -0.923. The van der Waals surface area contributed by atoms with Crippen molar-refractivity contribution in [2.24, 2.45) is 0 Å². The molecule has 0 aromatic heterocycles. The Balaban J connectivity index is 2.00. The molecule has 0 aliphatic heterocycles. The first-order valence-electron chi connectivity index (χ1n) is 12.2. The molecule has 1 rings (SSSR count). The van der Waals surface area contributed by atoms with Crippen LogP contribution in [0.3, 0.4) is 0 Å². The lowest BCUT2D eigenvalue weighted by Gasteiger charge is -2.34. The third-order valence-electron chi connectivity index (χ3n) is 6.10. The highest BCUT2D eigenvalue weighted by Gasteiger charge is 2.20. The minimum Gasteiger partial charge on any atom is -0.391 e. The van der Waals surface area contributed by atoms with Crippen LogP contribution >= 0.6 is 0 Å². The molecule has 0 fully saturated rings. The number of unbranched alkanes of at least 4 members (excludes halogenated alkanes) is 13. The molecule has 162 valence electrons. The molecule has 2 heteroatoms. The van der Waals surface area contributed by atoms with Gasteiger partial charge in [-0.15, -0.1) is 0 Å². The summed E-state index contributed by atoms with van der Waals surface area (Å²) in [5, 5.41) is 9.48. The minimum atomic E-state index is 0.280. The maximum atomic E-state index is 9.48. The Labute approximate surface area is 175 Å². The molecule has 1 unspecified atom stereocenters. The topological polar surface area (TPSA) is 20.2 Å². The molecule has 1 atom stereocenters. The first kappa shape index (κ1) is 25.2. The molecular weight excluding hydrogens is 342 g/mol. The molecule has 0 bridgehead atoms. The number of benzene rings is 1. The third kappa shape index (κ3) is 13.3. The standard InChI is InChI=1S/C26H48NO/c1-3-4-5-6-7-8-9-10-11-12-13-14-15-19-22-27(2,23-24-28)25-26-20-17-16-18-21-26/h16-18,20-21,28H,3-15,19,22-25H2,1-2H3/q+1. The van der Waals surface area contributed by atoms with Crippen molar-refractivity contribution in [1.82, 2.24) is 0 Å². The molecule has 1 aromatic rings. The van der Waals surface area contributed by atoms with E-state index in [0.29, 0.717) is 0 Å². The first-order valence-corrected chi connectivity index (χ1v) is 12.2. The van der Waals surface area contributed by atoms with E-state index in [1.165, 1.54) is 102 Å². The second-order valence-corrected chi connectivity index (χ2v) is 9.03. The van der Waals surface area contributed by atoms with Gasteiger partial charge in [-0.05, 0) is 12.8 Å². The molecule has 2 nitrogen and oxygen atoms in total. The number of nitrogens with zero attached hydrogens (tertiary/aromatic N) is 1. The molecule has 1 N–H and O–H groups in total. The van der Waals surface area contributed by atoms with E-state index in [0.717, 1.165) is 17.6 Å². The fraction of sp³-hybridized carbons (Fsp3) is 0.769. The molecule has 0 saturated heterocycles. The predicted molar refractivity (Wildman–Crippen MR) is 123 cm³/mol. The number of likely N-dealkylation sites (N-methyl/N-ethyl adjacent to an activating group) is 1. The van der Waals surface area contributed by atoms with E-state index in [-0.39, 0.29) is 6.61 Å². The van der Waals surface area contributed by atoms with Crippen molar-refractivity contribution in [3.63, 3.8) is 0 Å². The number of hydrogen-bond donors (Lipinski definition) is 1. The van der Waals surface area contributed by atoms with E-state index in [1.54, 1.807) is 0 Å². The fourth-order valence-corrected chi connectivity index (χ4v) is 4.22. The molecular formula is C26H48NO+. The summed E-state index contributed by atoms with van der Waals surface area (Å²) in [6.07, 6.45) is 19.7. The number of aliphatic hydroxyl groups excluding tert-OH is 1. The monoisotopic (exact) mass is 390 g/mol. The Morgan fingerprint density at radius 2 is 1.11 bits per heavy atom. The quantitative estimate of drug-likeness (QED) is 0.197. The Kier molecular flexibility index (Phi) is 15.3. The van der Waals surface area contributed by atoms with E-state index in [1.807, 2.05) is 0 Å². The van der Waals surface area contributed by atoms with Gasteiger partial charge in [-0.25, -0.2) is 0 Å². The summed E-state index contributed by atoms with van der Waals surface area (Å²) < 4.78 is 0.957. The molecule has 0 radical (unpaired) electrons. The van der Waals surface area contributed by atoms with E-state index in [2.05, 4.69) is 44.3 Å². The van der Waals surface area contributed by atoms with Crippen molar-refractivity contribution in [2.75, 3.05) is 26.7 Å². The van der Waals surface area contributed by atoms with Gasteiger partial charge in [0.15, 0.2) is 0 Å². The highest BCUT2D eigenvalue weighted by atomic mass is 16.3. The van der Waals surface area contributed by atoms with Gasteiger partial charge in [0.05, 0.1) is 20.2 Å². The second-order valence-electron chi connectivity index (χ2n) is 9.03. The molecule has 28 heavy (non-hydrogen) atoms. The number of quaternary nitrogens is 1. The van der Waals surface area contributed by atoms with Crippen molar-refractivity contribution in [3.8, 4) is 0 Å². The SMILES string of the molecule is CCCCCCCCCCCCCCCC[N+](C)(CCO)Cc1ccccc1. The van der Waals surface area contributed by atoms with Crippen LogP contribution in [0.5, 0.6) is 0 Å². The molecule has 0 saturated carbocycles. The van der Waals surface area contributed by atoms with Crippen molar-refractivity contribution >= 4 is 0 Å². The molecule has 0 heterocycles. The molecule has 0 aliphatic carbocycles. The van der Waals surface area contributed by atoms with E-state index in [9.17, 15) is 5.11 Å². The van der Waals surface area contributed by atoms with Gasteiger partial charge in [0, 0.05) is 5.56 Å². The molecule has 0 aliphatic rings. The van der Waals surface area contributed by atoms with Gasteiger partial charge in [0.1, 0.15) is 13.1 Å². The van der Waals surface area contributed by atoms with Crippen LogP contribution in [0.25, 0.3) is 0 Å². The Bertz CT molecular complexity index is 447. The average molecular weight is 391 g/mol. The predicted octanol–water partition coefficient (Wildman–Crippen LogP) is 7.11. The third-order valence-corrected chi connectivity index (χ3v) is 6.10. The molecule has 1 aromatic carbocycles. The first-order chi connectivity index (χ1) is 13.7. The van der Waals surface area contributed by atoms with Gasteiger partial charge in [-0.1, -0.05) is 114 Å². The summed E-state index contributed by atoms with van der Waals surface area (Å²) in [6.45, 7) is 5.63. The van der Waals surface area contributed by atoms with E-state index >= 15 is 0 Å². The number of rotatable bonds is 19. The largest absolute Gasteiger partial charge is 0.391 e. The van der Waals surface area contributed by atoms with Crippen LogP contribution in [-0.2, 0) is 6.54 Å². The van der Waals surface area contributed by atoms with Crippen LogP contribution in [0.4, 0.5) is 0 Å². The maximum Gasteiger partial charge on any atom is 0.104 e. The van der Waals surface area contributed by atoms with E-state index < -0.39 is 0 Å². The Morgan fingerprint density at radius 1 is 0.643 bits per heavy atom. The maximum absolute atomic E-state index is 9.48. The van der Waals surface area contributed by atoms with Crippen LogP contribution in [0.15, 0.2) is 30.3 Å². The van der Waals surface area contributed by atoms with Gasteiger partial charge in [-0.3, -0.25) is 0 Å². The number of aliphatic hydroxyl groups is 1. The second kappa shape index (κ2) is 17.0. The smallest absolute Gasteiger partial charge is 0.104 e. The Hall–Kier alpha value is -0.860. The summed E-state index contributed by atoms with van der Waals surface area (Å²) >= 11 is 0. The zero-order chi connectivity index (χ0) is 20.3. The van der Waals surface area contributed by atoms with Crippen LogP contribution in [0.1, 0.15) is 102 Å². The van der Waals surface area contributed by atoms with Gasteiger partial charge in [0.2, 0.25) is 0 Å². The lowest BCUT2D eigenvalue weighted by Crippen LogP contribution is -2.46. The van der Waals surface area contributed by atoms with Crippen LogP contribution in [0.2, 0.25) is 0 Å². The molecule has 0 spiro atoms. The van der Waals surface area contributed by atoms with Crippen LogP contribution in [0, 0.1) is 0 Å². The highest BCUT2D eigenvalue weighted by molar-refractivity contribution is 5.13. The van der Waals surface area contributed by atoms with Crippen molar-refractivity contribution in [3.05, 3.63) is 35.9 Å². The van der Waals surface area contributed by atoms with Crippen molar-refractivity contribution in [2.45, 2.75) is 103 Å². The Morgan fingerprint density at radius 3 is 1.57 bits per heavy atom. The van der Waals surface area contributed by atoms with Gasteiger partial charge in [0.25, 0.3) is 0 Å². The van der Waals surface area contributed by atoms with Gasteiger partial charge >= 0.3 is 0 Å². The summed E-state index contributed by atoms with van der Waals surface area (Å²) in [5.74, 6) is 0. The zero-order valence-corrected chi connectivity index (χ0v) is 19.0. The van der Waals surface area contributed by atoms with Crippen molar-refractivity contribution in [1.29, 1.82) is 0 Å². The lowest BCUT2D eigenvalue weighted by atomic mass is 10.0. The average Bonchev–Trinajstić information content (AvgIpc) is 2.69. The summed E-state index contributed by atoms with van der Waals surface area (Å²) in [7, 11) is 2.30. The van der Waals surface area contributed by atoms with Crippen molar-refractivity contribution < 1.29 is 9.59 Å². The summed E-state index contributed by atoms with van der Waals surface area (Å²) in [5.41, 5.74) is 1.38. The zero-order valence-electron chi connectivity index (χ0n) is 19.0. The van der Waals surface area contributed by atoms with Gasteiger partial charge < -0.3 is 9.59 Å². The minimum absolute atomic E-state index is 0.280. The molecule has 0 amide bonds. The summed E-state index contributed by atoms with van der Waals surface area (Å²) in [4.78, 5) is 0. The van der Waals surface area contributed by atoms with Crippen LogP contribution < -0.4 is 0 Å². The fourth-order valence-electron chi connectivity index (χ4n) is 4.22. The number of hydrogen-bond acceptors (Lipinski definition) is 1. The van der Waals surface area contributed by atoms with Crippen LogP contribution in [-0.4, -0.2) is 36.3 Å².